The maximum absolute atomic E-state index is 5.78. The van der Waals surface area contributed by atoms with Crippen molar-refractivity contribution in [2.75, 3.05) is 5.84 Å². The summed E-state index contributed by atoms with van der Waals surface area (Å²) < 4.78 is 7.30. The number of hydrogen-bond acceptors (Lipinski definition) is 4. The van der Waals surface area contributed by atoms with E-state index in [9.17, 15) is 0 Å². The minimum absolute atomic E-state index is 0.311. The molecule has 0 saturated heterocycles. The molecule has 0 fully saturated rings. The molecule has 0 radical (unpaired) electrons. The van der Waals surface area contributed by atoms with Gasteiger partial charge in [-0.3, -0.25) is 5.10 Å². The lowest BCUT2D eigenvalue weighted by atomic mass is 10.3. The van der Waals surface area contributed by atoms with E-state index in [1.807, 2.05) is 6.92 Å². The molecule has 0 aliphatic heterocycles. The molecule has 1 aromatic carbocycles. The van der Waals surface area contributed by atoms with Gasteiger partial charge < -0.3 is 10.6 Å². The summed E-state index contributed by atoms with van der Waals surface area (Å²) in [6, 6.07) is 7.06. The molecule has 2 aromatic rings. The molecular weight excluding hydrogens is 260 g/mol. The number of H-pyrrole nitrogens is 1. The van der Waals surface area contributed by atoms with Crippen LogP contribution in [0, 0.1) is 4.77 Å². The van der Waals surface area contributed by atoms with Gasteiger partial charge in [-0.1, -0.05) is 11.6 Å². The maximum Gasteiger partial charge on any atom is 0.214 e. The van der Waals surface area contributed by atoms with Gasteiger partial charge in [0, 0.05) is 5.02 Å². The van der Waals surface area contributed by atoms with Crippen LogP contribution in [0.5, 0.6) is 5.75 Å². The zero-order valence-corrected chi connectivity index (χ0v) is 10.6. The highest BCUT2D eigenvalue weighted by atomic mass is 35.5. The van der Waals surface area contributed by atoms with Crippen LogP contribution in [0.3, 0.4) is 0 Å². The molecule has 0 spiro atoms. The third-order valence-corrected chi connectivity index (χ3v) is 2.76. The summed E-state index contributed by atoms with van der Waals surface area (Å²) in [4.78, 5) is 0. The second-order valence-corrected chi connectivity index (χ2v) is 4.29. The van der Waals surface area contributed by atoms with Crippen LogP contribution in [-0.2, 0) is 0 Å². The molecule has 0 bridgehead atoms. The second kappa shape index (κ2) is 4.77. The summed E-state index contributed by atoms with van der Waals surface area (Å²) in [5, 5.41) is 7.26. The van der Waals surface area contributed by atoms with Gasteiger partial charge >= 0.3 is 0 Å². The molecule has 0 amide bonds. The number of halogens is 1. The van der Waals surface area contributed by atoms with Crippen LogP contribution in [0.4, 0.5) is 0 Å². The Kier molecular flexibility index (Phi) is 3.35. The number of nitrogens with zero attached hydrogens (tertiary/aromatic N) is 2. The number of nitrogen functional groups attached to an aromatic ring is 1. The molecule has 3 N–H and O–H groups in total. The lowest BCUT2D eigenvalue weighted by Gasteiger charge is -2.13. The van der Waals surface area contributed by atoms with Gasteiger partial charge in [0.2, 0.25) is 4.77 Å². The molecule has 1 unspecified atom stereocenters. The number of aromatic amines is 1. The Balaban J connectivity index is 2.17. The summed E-state index contributed by atoms with van der Waals surface area (Å²) in [5.74, 6) is 6.92. The van der Waals surface area contributed by atoms with Crippen LogP contribution < -0.4 is 10.6 Å². The Morgan fingerprint density at radius 1 is 1.47 bits per heavy atom. The lowest BCUT2D eigenvalue weighted by molar-refractivity contribution is 0.213. The first-order chi connectivity index (χ1) is 8.08. The van der Waals surface area contributed by atoms with E-state index >= 15 is 0 Å². The predicted molar refractivity (Wildman–Crippen MR) is 68.1 cm³/mol. The minimum Gasteiger partial charge on any atom is -0.483 e. The summed E-state index contributed by atoms with van der Waals surface area (Å²) >= 11 is 10.7. The molecule has 7 heteroatoms. The number of rotatable bonds is 3. The van der Waals surface area contributed by atoms with Gasteiger partial charge in [-0.05, 0) is 43.4 Å². The van der Waals surface area contributed by atoms with Gasteiger partial charge in [-0.2, -0.15) is 5.10 Å². The van der Waals surface area contributed by atoms with Gasteiger partial charge in [0.05, 0.1) is 0 Å². The van der Waals surface area contributed by atoms with Crippen molar-refractivity contribution in [2.24, 2.45) is 0 Å². The Hall–Kier alpha value is -1.53. The molecule has 1 heterocycles. The van der Waals surface area contributed by atoms with Crippen molar-refractivity contribution >= 4 is 23.8 Å². The smallest absolute Gasteiger partial charge is 0.214 e. The first kappa shape index (κ1) is 11.9. The Labute approximate surface area is 108 Å². The summed E-state index contributed by atoms with van der Waals surface area (Å²) in [6.45, 7) is 1.84. The highest BCUT2D eigenvalue weighted by Gasteiger charge is 2.14. The number of hydrogen-bond donors (Lipinski definition) is 2. The first-order valence-electron chi connectivity index (χ1n) is 4.92. The van der Waals surface area contributed by atoms with E-state index in [-0.39, 0.29) is 6.10 Å². The van der Waals surface area contributed by atoms with Gasteiger partial charge in [-0.25, -0.2) is 4.68 Å². The summed E-state index contributed by atoms with van der Waals surface area (Å²) in [5.41, 5.74) is 0. The summed E-state index contributed by atoms with van der Waals surface area (Å²) in [7, 11) is 0. The van der Waals surface area contributed by atoms with E-state index in [0.717, 1.165) is 0 Å². The van der Waals surface area contributed by atoms with E-state index in [4.69, 9.17) is 34.4 Å². The minimum atomic E-state index is -0.311. The largest absolute Gasteiger partial charge is 0.483 e. The lowest BCUT2D eigenvalue weighted by Crippen LogP contribution is -2.17. The normalized spacial score (nSPS) is 12.4. The van der Waals surface area contributed by atoms with E-state index < -0.39 is 0 Å². The fourth-order valence-corrected chi connectivity index (χ4v) is 1.64. The van der Waals surface area contributed by atoms with Crippen molar-refractivity contribution in [1.82, 2.24) is 14.9 Å². The molecule has 0 aliphatic carbocycles. The van der Waals surface area contributed by atoms with Gasteiger partial charge in [0.1, 0.15) is 5.75 Å². The van der Waals surface area contributed by atoms with Crippen molar-refractivity contribution < 1.29 is 4.74 Å². The molecule has 2 rings (SSSR count). The van der Waals surface area contributed by atoms with Crippen LogP contribution in [0.25, 0.3) is 0 Å². The van der Waals surface area contributed by atoms with E-state index in [0.29, 0.717) is 21.4 Å². The van der Waals surface area contributed by atoms with Crippen LogP contribution in [0.15, 0.2) is 24.3 Å². The summed E-state index contributed by atoms with van der Waals surface area (Å²) in [6.07, 6.45) is -0.311. The Morgan fingerprint density at radius 3 is 2.65 bits per heavy atom. The van der Waals surface area contributed by atoms with Crippen LogP contribution in [-0.4, -0.2) is 14.9 Å². The highest BCUT2D eigenvalue weighted by Crippen LogP contribution is 2.21. The molecule has 90 valence electrons. The van der Waals surface area contributed by atoms with Crippen molar-refractivity contribution in [3.8, 4) is 5.75 Å². The van der Waals surface area contributed by atoms with E-state index in [2.05, 4.69) is 10.2 Å². The van der Waals surface area contributed by atoms with Gasteiger partial charge in [0.25, 0.3) is 0 Å². The van der Waals surface area contributed by atoms with Crippen molar-refractivity contribution in [2.45, 2.75) is 13.0 Å². The fourth-order valence-electron chi connectivity index (χ4n) is 1.37. The van der Waals surface area contributed by atoms with Gasteiger partial charge in [0.15, 0.2) is 11.9 Å². The quantitative estimate of drug-likeness (QED) is 0.664. The number of nitrogens with two attached hydrogens (primary N) is 1. The average Bonchev–Trinajstić information content (AvgIpc) is 2.63. The molecule has 1 aromatic heterocycles. The Bertz CT molecular complexity index is 562. The number of ether oxygens (including phenoxy) is 1. The van der Waals surface area contributed by atoms with Crippen LogP contribution in [0.1, 0.15) is 18.9 Å². The molecule has 17 heavy (non-hydrogen) atoms. The van der Waals surface area contributed by atoms with Gasteiger partial charge in [-0.15, -0.1) is 0 Å². The van der Waals surface area contributed by atoms with Crippen molar-refractivity contribution in [3.63, 3.8) is 0 Å². The molecular formula is C10H11ClN4OS. The van der Waals surface area contributed by atoms with Crippen LogP contribution >= 0.6 is 23.8 Å². The fraction of sp³-hybridized carbons (Fsp3) is 0.200. The SMILES string of the molecule is CC(Oc1ccc(Cl)cc1)c1n[nH]c(=S)n1N. The molecule has 0 aliphatic rings. The third kappa shape index (κ3) is 2.59. The zero-order chi connectivity index (χ0) is 12.4. The molecule has 1 atom stereocenters. The second-order valence-electron chi connectivity index (χ2n) is 3.47. The van der Waals surface area contributed by atoms with Crippen molar-refractivity contribution in [1.29, 1.82) is 0 Å². The molecule has 5 nitrogen and oxygen atoms in total. The van der Waals surface area contributed by atoms with Crippen molar-refractivity contribution in [3.05, 3.63) is 39.9 Å². The zero-order valence-electron chi connectivity index (χ0n) is 9.05. The number of nitrogens with one attached hydrogen (secondary N) is 1. The standard InChI is InChI=1S/C10H11ClN4OS/c1-6(9-13-14-10(17)15(9)12)16-8-4-2-7(11)3-5-8/h2-6H,12H2,1H3,(H,14,17). The maximum atomic E-state index is 5.78. The number of aromatic nitrogens is 3. The topological polar surface area (TPSA) is 68.9 Å². The first-order valence-corrected chi connectivity index (χ1v) is 5.71. The predicted octanol–water partition coefficient (Wildman–Crippen LogP) is 2.45. The van der Waals surface area contributed by atoms with E-state index in [1.54, 1.807) is 24.3 Å². The highest BCUT2D eigenvalue weighted by molar-refractivity contribution is 7.71. The third-order valence-electron chi connectivity index (χ3n) is 2.22. The van der Waals surface area contributed by atoms with E-state index in [1.165, 1.54) is 4.68 Å². The molecule has 0 saturated carbocycles. The Morgan fingerprint density at radius 2 is 2.12 bits per heavy atom. The number of benzene rings is 1. The van der Waals surface area contributed by atoms with Crippen LogP contribution in [0.2, 0.25) is 5.02 Å². The monoisotopic (exact) mass is 270 g/mol. The average molecular weight is 271 g/mol.